The summed E-state index contributed by atoms with van der Waals surface area (Å²) in [5.41, 5.74) is 0.836. The van der Waals surface area contributed by atoms with Crippen LogP contribution in [0.3, 0.4) is 0 Å². The summed E-state index contributed by atoms with van der Waals surface area (Å²) in [6, 6.07) is 6.58. The largest absolute Gasteiger partial charge is 0.349 e. The molecule has 2 N–H and O–H groups in total. The minimum Gasteiger partial charge on any atom is -0.344 e. The first-order chi connectivity index (χ1) is 10.1. The van der Waals surface area contributed by atoms with Crippen LogP contribution in [-0.2, 0) is 15.0 Å². The number of nitrogens with one attached hydrogen (secondary N) is 2. The monoisotopic (exact) mass is 304 g/mol. The van der Waals surface area contributed by atoms with E-state index in [0.29, 0.717) is 21.1 Å². The molecule has 0 aliphatic rings. The molecular formula is C12H10N5O3S. The molecule has 1 amide bonds. The highest BCUT2D eigenvalue weighted by molar-refractivity contribution is 7.94. The van der Waals surface area contributed by atoms with E-state index in [1.54, 1.807) is 30.5 Å². The molecule has 8 nitrogen and oxygen atoms in total. The number of rotatable bonds is 5. The lowest BCUT2D eigenvalue weighted by Gasteiger charge is -2.18. The Balaban J connectivity index is 1.97. The van der Waals surface area contributed by atoms with Crippen LogP contribution in [-0.4, -0.2) is 29.5 Å². The van der Waals surface area contributed by atoms with Crippen molar-refractivity contribution in [1.82, 2.24) is 14.6 Å². The van der Waals surface area contributed by atoms with Crippen LogP contribution in [0.5, 0.6) is 0 Å². The minimum absolute atomic E-state index is 0.297. The number of nitrogens with zero attached hydrogens (tertiary/aromatic N) is 3. The number of amides is 1. The van der Waals surface area contributed by atoms with Crippen molar-refractivity contribution >= 4 is 33.3 Å². The molecule has 3 rings (SSSR count). The van der Waals surface area contributed by atoms with Crippen molar-refractivity contribution in [3.8, 4) is 0 Å². The lowest BCUT2D eigenvalue weighted by Crippen LogP contribution is -2.42. The van der Waals surface area contributed by atoms with Crippen LogP contribution in [0.25, 0.3) is 11.0 Å². The second-order valence-corrected chi connectivity index (χ2v) is 5.61. The molecule has 0 unspecified atom stereocenters. The van der Waals surface area contributed by atoms with Gasteiger partial charge in [-0.25, -0.2) is 9.66 Å². The van der Waals surface area contributed by atoms with Crippen molar-refractivity contribution in [2.75, 3.05) is 9.14 Å². The number of hydrogen-bond donors (Lipinski definition) is 2. The third-order valence-electron chi connectivity index (χ3n) is 2.79. The van der Waals surface area contributed by atoms with Gasteiger partial charge >= 0.3 is 16.6 Å². The molecular weight excluding hydrogens is 294 g/mol. The molecule has 0 saturated carbocycles. The maximum atomic E-state index is 12.3. The molecule has 3 aromatic heterocycles. The highest BCUT2D eigenvalue weighted by atomic mass is 32.2. The fourth-order valence-corrected chi connectivity index (χ4v) is 2.88. The molecule has 0 saturated heterocycles. The Morgan fingerprint density at radius 2 is 2.05 bits per heavy atom. The summed E-state index contributed by atoms with van der Waals surface area (Å²) < 4.78 is 28.4. The van der Waals surface area contributed by atoms with Crippen molar-refractivity contribution in [2.24, 2.45) is 0 Å². The molecule has 0 fully saturated rings. The Morgan fingerprint density at radius 1 is 1.29 bits per heavy atom. The van der Waals surface area contributed by atoms with E-state index in [1.807, 2.05) is 0 Å². The standard InChI is InChI=1S/C12H10N5O3S/c18-9-17(16-6-1-2-7-16)21(19,20)15-11-8-14-12-10(11)4-3-5-13-12/h1-8,15H,(H,13,14). The van der Waals surface area contributed by atoms with Crippen molar-refractivity contribution in [2.45, 2.75) is 0 Å². The van der Waals surface area contributed by atoms with E-state index < -0.39 is 10.2 Å². The van der Waals surface area contributed by atoms with E-state index in [4.69, 9.17) is 0 Å². The lowest BCUT2D eigenvalue weighted by molar-refractivity contribution is 0.541. The summed E-state index contributed by atoms with van der Waals surface area (Å²) in [4.78, 5) is 17.9. The minimum atomic E-state index is -4.13. The highest BCUT2D eigenvalue weighted by Crippen LogP contribution is 2.22. The van der Waals surface area contributed by atoms with Gasteiger partial charge in [0.2, 0.25) is 0 Å². The molecule has 1 radical (unpaired) electrons. The van der Waals surface area contributed by atoms with Gasteiger partial charge < -0.3 is 4.98 Å². The summed E-state index contributed by atoms with van der Waals surface area (Å²) in [6.45, 7) is 0. The van der Waals surface area contributed by atoms with Crippen molar-refractivity contribution in [3.63, 3.8) is 0 Å². The SMILES string of the molecule is O=[C]N(n1cccc1)S(=O)(=O)Nc1c[nH]c2ncccc12. The van der Waals surface area contributed by atoms with E-state index in [1.165, 1.54) is 25.0 Å². The fraction of sp³-hybridized carbons (Fsp3) is 0. The number of aromatic amines is 1. The second-order valence-electron chi connectivity index (χ2n) is 4.11. The van der Waals surface area contributed by atoms with Crippen molar-refractivity contribution in [3.05, 3.63) is 49.1 Å². The average molecular weight is 304 g/mol. The van der Waals surface area contributed by atoms with Crippen LogP contribution >= 0.6 is 0 Å². The van der Waals surface area contributed by atoms with Gasteiger partial charge in [0.1, 0.15) is 5.65 Å². The molecule has 0 bridgehead atoms. The predicted octanol–water partition coefficient (Wildman–Crippen LogP) is 0.726. The number of carbonyl (C=O) groups excluding carboxylic acids is 1. The van der Waals surface area contributed by atoms with Crippen LogP contribution in [0, 0.1) is 0 Å². The number of pyridine rings is 1. The van der Waals surface area contributed by atoms with Gasteiger partial charge in [0.25, 0.3) is 0 Å². The summed E-state index contributed by atoms with van der Waals surface area (Å²) in [7, 11) is -4.13. The first-order valence-electron chi connectivity index (χ1n) is 5.88. The molecule has 0 aliphatic carbocycles. The van der Waals surface area contributed by atoms with Crippen LogP contribution in [0.4, 0.5) is 5.69 Å². The zero-order chi connectivity index (χ0) is 14.9. The lowest BCUT2D eigenvalue weighted by atomic mass is 10.3. The molecule has 0 aromatic carbocycles. The normalized spacial score (nSPS) is 11.4. The Hall–Kier alpha value is -2.81. The predicted molar refractivity (Wildman–Crippen MR) is 77.0 cm³/mol. The highest BCUT2D eigenvalue weighted by Gasteiger charge is 2.23. The van der Waals surface area contributed by atoms with Gasteiger partial charge in [-0.15, -0.1) is 4.41 Å². The van der Waals surface area contributed by atoms with Crippen LogP contribution in [0.15, 0.2) is 49.1 Å². The molecule has 3 heterocycles. The van der Waals surface area contributed by atoms with E-state index in [9.17, 15) is 13.2 Å². The molecule has 0 spiro atoms. The molecule has 21 heavy (non-hydrogen) atoms. The Morgan fingerprint density at radius 3 is 2.76 bits per heavy atom. The van der Waals surface area contributed by atoms with Gasteiger partial charge in [0.05, 0.1) is 5.69 Å². The van der Waals surface area contributed by atoms with Gasteiger partial charge in [0.15, 0.2) is 0 Å². The molecule has 9 heteroatoms. The van der Waals surface area contributed by atoms with E-state index in [2.05, 4.69) is 14.7 Å². The second kappa shape index (κ2) is 4.94. The molecule has 0 atom stereocenters. The zero-order valence-corrected chi connectivity index (χ0v) is 11.4. The van der Waals surface area contributed by atoms with Gasteiger partial charge in [-0.05, 0) is 24.3 Å². The smallest absolute Gasteiger partial charge is 0.344 e. The van der Waals surface area contributed by atoms with Crippen LogP contribution in [0.1, 0.15) is 0 Å². The number of hydrogen-bond acceptors (Lipinski definition) is 4. The molecule has 3 aromatic rings. The topological polar surface area (TPSA) is 100 Å². The summed E-state index contributed by atoms with van der Waals surface area (Å²) >= 11 is 0. The quantitative estimate of drug-likeness (QED) is 0.678. The van der Waals surface area contributed by atoms with Gasteiger partial charge in [0, 0.05) is 30.2 Å². The van der Waals surface area contributed by atoms with Crippen molar-refractivity contribution < 1.29 is 13.2 Å². The van der Waals surface area contributed by atoms with Gasteiger partial charge in [-0.1, -0.05) is 0 Å². The van der Waals surface area contributed by atoms with E-state index >= 15 is 0 Å². The molecule has 0 aliphatic heterocycles. The fourth-order valence-electron chi connectivity index (χ4n) is 1.89. The third kappa shape index (κ3) is 2.34. The zero-order valence-electron chi connectivity index (χ0n) is 10.6. The molecule has 107 valence electrons. The van der Waals surface area contributed by atoms with Crippen LogP contribution < -0.4 is 9.14 Å². The van der Waals surface area contributed by atoms with Crippen molar-refractivity contribution in [1.29, 1.82) is 0 Å². The number of anilines is 1. The number of fused-ring (bicyclic) bond motifs is 1. The average Bonchev–Trinajstić information content (AvgIpc) is 3.10. The summed E-state index contributed by atoms with van der Waals surface area (Å²) in [5.74, 6) is 0. The number of aromatic nitrogens is 3. The Bertz CT molecular complexity index is 869. The van der Waals surface area contributed by atoms with E-state index in [-0.39, 0.29) is 0 Å². The summed E-state index contributed by atoms with van der Waals surface area (Å²) in [5, 5.41) is 0.597. The maximum Gasteiger partial charge on any atom is 0.349 e. The Labute approximate surface area is 120 Å². The van der Waals surface area contributed by atoms with Crippen LogP contribution in [0.2, 0.25) is 0 Å². The first kappa shape index (κ1) is 13.2. The maximum absolute atomic E-state index is 12.3. The number of H-pyrrole nitrogens is 1. The van der Waals surface area contributed by atoms with E-state index in [0.717, 1.165) is 4.68 Å². The first-order valence-corrected chi connectivity index (χ1v) is 7.32. The van der Waals surface area contributed by atoms with Gasteiger partial charge in [-0.2, -0.15) is 8.42 Å². The Kier molecular flexibility index (Phi) is 3.10. The summed E-state index contributed by atoms with van der Waals surface area (Å²) in [6.07, 6.45) is 7.26. The van der Waals surface area contributed by atoms with Gasteiger partial charge in [-0.3, -0.25) is 9.52 Å². The third-order valence-corrected chi connectivity index (χ3v) is 3.99.